The summed E-state index contributed by atoms with van der Waals surface area (Å²) in [5.41, 5.74) is 0.344. The summed E-state index contributed by atoms with van der Waals surface area (Å²) in [7, 11) is 0. The topological polar surface area (TPSA) is 53.2 Å². The van der Waals surface area contributed by atoms with Gasteiger partial charge in [0.1, 0.15) is 5.56 Å². The zero-order valence-corrected chi connectivity index (χ0v) is 11.1. The number of aromatic nitrogens is 1. The van der Waals surface area contributed by atoms with Crippen molar-refractivity contribution >= 4 is 23.2 Å². The normalized spacial score (nSPS) is 10.2. The van der Waals surface area contributed by atoms with Gasteiger partial charge in [0.2, 0.25) is 0 Å². The van der Waals surface area contributed by atoms with Crippen LogP contribution in [0.5, 0.6) is 0 Å². The van der Waals surface area contributed by atoms with E-state index in [1.807, 2.05) is 37.3 Å². The van der Waals surface area contributed by atoms with Crippen molar-refractivity contribution in [3.05, 3.63) is 63.5 Å². The molecule has 1 N–H and O–H groups in total. The quantitative estimate of drug-likeness (QED) is 0.937. The first-order valence-corrected chi connectivity index (χ1v) is 6.26. The molecule has 0 aliphatic rings. The Balaban J connectivity index is 2.42. The Hall–Kier alpha value is -2.07. The Bertz CT molecular complexity index is 637. The van der Waals surface area contributed by atoms with Gasteiger partial charge in [-0.3, -0.25) is 9.59 Å². The molecule has 4 nitrogen and oxygen atoms in total. The number of nitrogens with zero attached hydrogens (tertiary/aromatic N) is 1. The molecule has 2 rings (SSSR count). The van der Waals surface area contributed by atoms with Crippen LogP contribution in [0.25, 0.3) is 0 Å². The number of H-pyrrole nitrogens is 1. The number of carbonyl (C=O) groups is 1. The summed E-state index contributed by atoms with van der Waals surface area (Å²) in [6.07, 6.45) is 1.36. The molecule has 0 saturated carbocycles. The average Bonchev–Trinajstić information content (AvgIpc) is 2.43. The van der Waals surface area contributed by atoms with Crippen molar-refractivity contribution in [3.8, 4) is 0 Å². The molecule has 98 valence electrons. The largest absolute Gasteiger partial charge is 0.327 e. The molecule has 0 bridgehead atoms. The van der Waals surface area contributed by atoms with Crippen LogP contribution in [0, 0.1) is 0 Å². The van der Waals surface area contributed by atoms with Crippen molar-refractivity contribution in [1.82, 2.24) is 4.98 Å². The lowest BCUT2D eigenvalue weighted by molar-refractivity contribution is 0.0987. The van der Waals surface area contributed by atoms with Gasteiger partial charge in [0.15, 0.2) is 0 Å². The van der Waals surface area contributed by atoms with Crippen LogP contribution in [-0.4, -0.2) is 17.4 Å². The van der Waals surface area contributed by atoms with E-state index in [-0.39, 0.29) is 11.5 Å². The maximum Gasteiger partial charge on any atom is 0.263 e. The number of benzene rings is 1. The van der Waals surface area contributed by atoms with E-state index >= 15 is 0 Å². The highest BCUT2D eigenvalue weighted by Gasteiger charge is 2.19. The molecule has 1 aromatic heterocycles. The predicted molar refractivity (Wildman–Crippen MR) is 75.9 cm³/mol. The lowest BCUT2D eigenvalue weighted by atomic mass is 10.2. The molecule has 0 aliphatic heterocycles. The van der Waals surface area contributed by atoms with Gasteiger partial charge in [-0.05, 0) is 25.1 Å². The predicted octanol–water partition coefficient (Wildman–Crippen LogP) is 2.70. The van der Waals surface area contributed by atoms with Crippen LogP contribution in [-0.2, 0) is 0 Å². The number of nitrogens with one attached hydrogen (secondary N) is 1. The van der Waals surface area contributed by atoms with E-state index in [4.69, 9.17) is 11.6 Å². The van der Waals surface area contributed by atoms with Crippen molar-refractivity contribution in [2.24, 2.45) is 0 Å². The number of hydrogen-bond acceptors (Lipinski definition) is 2. The highest BCUT2D eigenvalue weighted by molar-refractivity contribution is 6.30. The summed E-state index contributed by atoms with van der Waals surface area (Å²) in [5, 5.41) is 0.326. The van der Waals surface area contributed by atoms with Gasteiger partial charge in [-0.25, -0.2) is 0 Å². The van der Waals surface area contributed by atoms with Crippen LogP contribution in [0.15, 0.2) is 47.4 Å². The number of pyridine rings is 1. The average molecular weight is 277 g/mol. The molecule has 0 saturated heterocycles. The van der Waals surface area contributed by atoms with Crippen molar-refractivity contribution in [3.63, 3.8) is 0 Å². The molecule has 0 fully saturated rings. The summed E-state index contributed by atoms with van der Waals surface area (Å²) in [6.45, 7) is 2.32. The van der Waals surface area contributed by atoms with E-state index in [0.717, 1.165) is 5.69 Å². The van der Waals surface area contributed by atoms with Crippen molar-refractivity contribution in [2.45, 2.75) is 6.92 Å². The minimum atomic E-state index is -0.441. The van der Waals surface area contributed by atoms with Gasteiger partial charge >= 0.3 is 0 Å². The summed E-state index contributed by atoms with van der Waals surface area (Å²) in [5.74, 6) is -0.363. The molecule has 1 heterocycles. The molecule has 0 atom stereocenters. The minimum absolute atomic E-state index is 0.0400. The molecule has 0 aliphatic carbocycles. The lowest BCUT2D eigenvalue weighted by Crippen LogP contribution is -2.34. The second-order valence-electron chi connectivity index (χ2n) is 3.95. The van der Waals surface area contributed by atoms with Crippen LogP contribution in [0.3, 0.4) is 0 Å². The number of amides is 1. The molecule has 2 aromatic rings. The first-order chi connectivity index (χ1) is 9.13. The van der Waals surface area contributed by atoms with Gasteiger partial charge in [0.25, 0.3) is 11.5 Å². The highest BCUT2D eigenvalue weighted by Crippen LogP contribution is 2.16. The fraction of sp³-hybridized carbons (Fsp3) is 0.143. The van der Waals surface area contributed by atoms with Crippen LogP contribution >= 0.6 is 11.6 Å². The third-order valence-electron chi connectivity index (χ3n) is 2.73. The number of halogens is 1. The smallest absolute Gasteiger partial charge is 0.263 e. The zero-order valence-electron chi connectivity index (χ0n) is 10.4. The molecule has 0 spiro atoms. The molecule has 19 heavy (non-hydrogen) atoms. The van der Waals surface area contributed by atoms with E-state index in [2.05, 4.69) is 4.98 Å². The Labute approximate surface area is 115 Å². The fourth-order valence-electron chi connectivity index (χ4n) is 1.81. The Kier molecular flexibility index (Phi) is 4.02. The fourth-order valence-corrected chi connectivity index (χ4v) is 1.98. The number of carbonyl (C=O) groups excluding carboxylic acids is 1. The molecular formula is C14H13ClN2O2. The highest BCUT2D eigenvalue weighted by atomic mass is 35.5. The molecule has 1 aromatic carbocycles. The number of para-hydroxylation sites is 1. The van der Waals surface area contributed by atoms with E-state index < -0.39 is 5.56 Å². The number of hydrogen-bond donors (Lipinski definition) is 1. The SMILES string of the molecule is CCN(C(=O)c1cc(Cl)c[nH]c1=O)c1ccccc1. The van der Waals surface area contributed by atoms with Gasteiger partial charge in [0.05, 0.1) is 5.02 Å². The monoisotopic (exact) mass is 276 g/mol. The standard InChI is InChI=1S/C14H13ClN2O2/c1-2-17(11-6-4-3-5-7-11)14(19)12-8-10(15)9-16-13(12)18/h3-9H,2H2,1H3,(H,16,18). The van der Waals surface area contributed by atoms with Gasteiger partial charge in [0, 0.05) is 18.4 Å². The molecule has 5 heteroatoms. The maximum atomic E-state index is 12.4. The van der Waals surface area contributed by atoms with Gasteiger partial charge in [-0.15, -0.1) is 0 Å². The summed E-state index contributed by atoms with van der Waals surface area (Å²) < 4.78 is 0. The van der Waals surface area contributed by atoms with Crippen molar-refractivity contribution in [1.29, 1.82) is 0 Å². The minimum Gasteiger partial charge on any atom is -0.327 e. The van der Waals surface area contributed by atoms with Gasteiger partial charge < -0.3 is 9.88 Å². The zero-order chi connectivity index (χ0) is 13.8. The van der Waals surface area contributed by atoms with Crippen molar-refractivity contribution in [2.75, 3.05) is 11.4 Å². The maximum absolute atomic E-state index is 12.4. The third-order valence-corrected chi connectivity index (χ3v) is 2.95. The van der Waals surface area contributed by atoms with Crippen LogP contribution in [0.1, 0.15) is 17.3 Å². The van der Waals surface area contributed by atoms with Crippen molar-refractivity contribution < 1.29 is 4.79 Å². The third kappa shape index (κ3) is 2.85. The van der Waals surface area contributed by atoms with Crippen LogP contribution < -0.4 is 10.5 Å². The molecule has 0 radical (unpaired) electrons. The number of aromatic amines is 1. The molecular weight excluding hydrogens is 264 g/mol. The van der Waals surface area contributed by atoms with Crippen LogP contribution in [0.4, 0.5) is 5.69 Å². The Morgan fingerprint density at radius 1 is 1.32 bits per heavy atom. The van der Waals surface area contributed by atoms with E-state index in [1.54, 1.807) is 0 Å². The second-order valence-corrected chi connectivity index (χ2v) is 4.38. The van der Waals surface area contributed by atoms with E-state index in [0.29, 0.717) is 11.6 Å². The van der Waals surface area contributed by atoms with Crippen LogP contribution in [0.2, 0.25) is 5.02 Å². The van der Waals surface area contributed by atoms with Gasteiger partial charge in [-0.1, -0.05) is 29.8 Å². The summed E-state index contributed by atoms with van der Waals surface area (Å²) >= 11 is 5.81. The molecule has 1 amide bonds. The second kappa shape index (κ2) is 5.71. The van der Waals surface area contributed by atoms with Gasteiger partial charge in [-0.2, -0.15) is 0 Å². The molecule has 0 unspecified atom stereocenters. The number of rotatable bonds is 3. The number of anilines is 1. The lowest BCUT2D eigenvalue weighted by Gasteiger charge is -2.20. The first kappa shape index (κ1) is 13.4. The van der Waals surface area contributed by atoms with E-state index in [9.17, 15) is 9.59 Å². The van der Waals surface area contributed by atoms with E-state index in [1.165, 1.54) is 17.2 Å². The Morgan fingerprint density at radius 2 is 2.00 bits per heavy atom. The first-order valence-electron chi connectivity index (χ1n) is 5.88. The Morgan fingerprint density at radius 3 is 2.63 bits per heavy atom. The summed E-state index contributed by atoms with van der Waals surface area (Å²) in [4.78, 5) is 28.1. The summed E-state index contributed by atoms with van der Waals surface area (Å²) in [6, 6.07) is 10.6.